The topological polar surface area (TPSA) is 0 Å². The second-order valence-corrected chi connectivity index (χ2v) is 23.2. The second kappa shape index (κ2) is 96.7. The van der Waals surface area contributed by atoms with Gasteiger partial charge in [-0.1, -0.05) is 395 Å². The molecule has 8 heteroatoms. The van der Waals surface area contributed by atoms with Crippen LogP contribution in [0.2, 0.25) is 0 Å². The molecule has 20 rings (SSSR count). The third-order valence-electron chi connectivity index (χ3n) is 18.9. The van der Waals surface area contributed by atoms with Crippen LogP contribution in [0.15, 0.2) is 243 Å². The van der Waals surface area contributed by atoms with Gasteiger partial charge < -0.3 is 119 Å². The molecule has 0 saturated carbocycles. The van der Waals surface area contributed by atoms with Gasteiger partial charge in [-0.2, -0.15) is 0 Å². The fourth-order valence-electron chi connectivity index (χ4n) is 15.3. The number of benzene rings is 12. The Morgan fingerprint density at radius 2 is 0.281 bits per heavy atom. The smallest absolute Gasteiger partial charge is 0 e. The zero-order valence-electron chi connectivity index (χ0n) is 81.4. The molecule has 8 radical (unpaired) electrons. The normalized spacial score (nSPS) is 8.88. The molecule has 12 aromatic rings. The Morgan fingerprint density at radius 3 is 0.523 bits per heavy atom. The van der Waals surface area contributed by atoms with E-state index in [1.54, 1.807) is 11.1 Å². The minimum absolute atomic E-state index is 0. The van der Waals surface area contributed by atoms with E-state index in [1.165, 1.54) is 167 Å². The standard InChI is InChI=1S/4C20H14.8C2H6.8CH4.16CH3.8Y/c1-3-7-16-14(6-1)12-19-18(16)10-9-15-11-13-5-2-4-8-17(13)20(15)19;1-3-7-17-13(5-1)9-15-11-20-16(12-19(15)17)10-14-6-2-4-8-18(14)20;1-3-7-17-13(5-1)9-15-11-16-10-14-6-2-4-8-18(14)20(16)12-19(15)17;1-3-7-15-13(5-1)11-19-17(15)9-10-18-16-8-4-2-6-14(16)12-20(18)19;8*1-2;;;;;;;;;;;;;;;;;;;;;;;;;;;;;;;;/h1-10H,11-12H2;2*1-8,11-12H,9-10H2;1-10H,11-12H2;8*1-2H3;8*1H4;16*1H3;;;;;;;;/q;;;;;;;;;;;;;;;;;;;;16*-1;;;;;;;;. The van der Waals surface area contributed by atoms with Crippen molar-refractivity contribution in [1.29, 1.82) is 0 Å². The van der Waals surface area contributed by atoms with Gasteiger partial charge in [-0.15, -0.1) is 0 Å². The zero-order chi connectivity index (χ0) is 68.4. The second-order valence-electron chi connectivity index (χ2n) is 23.2. The van der Waals surface area contributed by atoms with Crippen LogP contribution < -0.4 is 0 Å². The minimum Gasteiger partial charge on any atom is -0.358 e. The third-order valence-corrected chi connectivity index (χ3v) is 18.9. The van der Waals surface area contributed by atoms with Crippen LogP contribution >= 0.6 is 0 Å². The number of rotatable bonds is 0. The van der Waals surface area contributed by atoms with E-state index in [-0.39, 0.29) is 440 Å². The van der Waals surface area contributed by atoms with Gasteiger partial charge >= 0.3 is 0 Å². The Bertz CT molecular complexity index is 4390. The van der Waals surface area contributed by atoms with Crippen LogP contribution in [0, 0.1) is 119 Å². The monoisotopic (exact) mass is 2340 g/mol. The van der Waals surface area contributed by atoms with E-state index in [2.05, 4.69) is 243 Å². The van der Waals surface area contributed by atoms with E-state index in [1.807, 2.05) is 111 Å². The molecule has 0 amide bonds. The molecular weight excluding hydrogens is 2150 g/mol. The van der Waals surface area contributed by atoms with E-state index in [0.717, 1.165) is 51.4 Å². The molecule has 12 aromatic carbocycles. The van der Waals surface area contributed by atoms with Crippen molar-refractivity contribution < 1.29 is 262 Å². The van der Waals surface area contributed by atoms with Crippen LogP contribution in [0.4, 0.5) is 0 Å². The van der Waals surface area contributed by atoms with E-state index in [9.17, 15) is 0 Å². The van der Waals surface area contributed by atoms with Crippen LogP contribution in [-0.4, -0.2) is 0 Å². The summed E-state index contributed by atoms with van der Waals surface area (Å²) in [5.74, 6) is 0. The Labute approximate surface area is 1010 Å². The van der Waals surface area contributed by atoms with Crippen molar-refractivity contribution in [3.8, 4) is 89.0 Å². The fraction of sp³-hybridized carbons (Fsp3) is 0.267. The number of hydrogen-bond acceptors (Lipinski definition) is 0. The Balaban J connectivity index is -0.0000000450. The first-order chi connectivity index (χ1) is 47.6. The number of fused-ring (bicyclic) bond motifs is 26. The summed E-state index contributed by atoms with van der Waals surface area (Å²) < 4.78 is 0. The Morgan fingerprint density at radius 1 is 0.125 bits per heavy atom. The van der Waals surface area contributed by atoms with Crippen molar-refractivity contribution >= 4 is 0 Å². The van der Waals surface area contributed by atoms with Gasteiger partial charge in [0.1, 0.15) is 0 Å². The van der Waals surface area contributed by atoms with Crippen molar-refractivity contribution in [1.82, 2.24) is 0 Å². The first-order valence-corrected chi connectivity index (χ1v) is 36.9. The molecule has 0 aliphatic heterocycles. The summed E-state index contributed by atoms with van der Waals surface area (Å²) >= 11 is 0. The van der Waals surface area contributed by atoms with Gasteiger partial charge in [0.15, 0.2) is 0 Å². The van der Waals surface area contributed by atoms with Gasteiger partial charge in [-0.3, -0.25) is 0 Å². The first-order valence-electron chi connectivity index (χ1n) is 36.9. The minimum atomic E-state index is 0. The molecule has 0 fully saturated rings. The van der Waals surface area contributed by atoms with Gasteiger partial charge in [-0.25, -0.2) is 0 Å². The largest absolute Gasteiger partial charge is 0.358 e. The maximum absolute atomic E-state index is 2.44. The maximum atomic E-state index is 2.44. The van der Waals surface area contributed by atoms with Crippen LogP contribution in [0.1, 0.15) is 259 Å². The van der Waals surface area contributed by atoms with Gasteiger partial charge in [-0.05, 0) is 248 Å². The van der Waals surface area contributed by atoms with Gasteiger partial charge in [0.05, 0.1) is 0 Å². The summed E-state index contributed by atoms with van der Waals surface area (Å²) in [6.45, 7) is 32.0. The van der Waals surface area contributed by atoms with Gasteiger partial charge in [0.25, 0.3) is 0 Å². The molecule has 704 valence electrons. The molecule has 0 nitrogen and oxygen atoms in total. The van der Waals surface area contributed by atoms with Gasteiger partial charge in [0, 0.05) is 262 Å². The van der Waals surface area contributed by atoms with Crippen molar-refractivity contribution in [2.24, 2.45) is 0 Å². The molecule has 0 atom stereocenters. The Kier molecular flexibility index (Phi) is 144. The Hall–Kier alpha value is -0.529. The van der Waals surface area contributed by atoms with Crippen LogP contribution in [0.3, 0.4) is 0 Å². The van der Waals surface area contributed by atoms with E-state index >= 15 is 0 Å². The predicted octanol–water partition coefficient (Wildman–Crippen LogP) is 39.8. The fourth-order valence-corrected chi connectivity index (χ4v) is 15.3. The predicted molar refractivity (Wildman–Crippen MR) is 579 cm³/mol. The molecule has 0 saturated heterocycles. The molecular formula is C120H184Y8-16. The van der Waals surface area contributed by atoms with Crippen molar-refractivity contribution in [3.05, 3.63) is 450 Å². The SMILES string of the molecule is C.C.C.C.C.C.C.C.CC.CC.CC.CC.CC.CC.CC.CC.[CH3-].[CH3-].[CH3-].[CH3-].[CH3-].[CH3-].[CH3-].[CH3-].[CH3-].[CH3-].[CH3-].[CH3-].[CH3-].[CH3-].[CH3-].[CH3-].[Y].[Y].[Y].[Y].[Y].[Y].[Y].[Y].c1ccc2c(c1)Cc1c-2ccc2c1-c1ccccc1C2.c1ccc2c(c1)Cc1c-2ccc2c1Cc1ccccc1-2.c1ccc2c(c1)Cc1cc3c(cc1-2)-c1ccccc1C3.c1ccc2c(c1)Cc1cc3c(cc1-2)Cc1ccccc1-3. The molecule has 8 aliphatic rings. The molecule has 8 aliphatic carbocycles. The summed E-state index contributed by atoms with van der Waals surface area (Å²) in [5, 5.41) is 0. The quantitative estimate of drug-likeness (QED) is 0.133. The van der Waals surface area contributed by atoms with E-state index in [4.69, 9.17) is 0 Å². The molecule has 0 N–H and O–H groups in total. The van der Waals surface area contributed by atoms with Crippen LogP contribution in [0.5, 0.6) is 0 Å². The van der Waals surface area contributed by atoms with E-state index in [0.29, 0.717) is 0 Å². The average Bonchev–Trinajstić information content (AvgIpc) is 1.56. The van der Waals surface area contributed by atoms with Crippen molar-refractivity contribution in [2.45, 2.75) is 222 Å². The molecule has 0 spiro atoms. The van der Waals surface area contributed by atoms with Crippen molar-refractivity contribution in [2.75, 3.05) is 0 Å². The van der Waals surface area contributed by atoms with E-state index < -0.39 is 0 Å². The summed E-state index contributed by atoms with van der Waals surface area (Å²) in [7, 11) is 0. The summed E-state index contributed by atoms with van der Waals surface area (Å²) in [6.07, 6.45) is 8.73. The maximum Gasteiger partial charge on any atom is 0 e. The molecule has 0 aromatic heterocycles. The molecule has 0 heterocycles. The zero-order valence-corrected chi connectivity index (χ0v) is 104. The van der Waals surface area contributed by atoms with Gasteiger partial charge in [0.2, 0.25) is 0 Å². The van der Waals surface area contributed by atoms with Crippen LogP contribution in [-0.2, 0) is 313 Å². The average molecular weight is 2340 g/mol. The summed E-state index contributed by atoms with van der Waals surface area (Å²) in [5.41, 5.74) is 47.0. The first kappa shape index (κ1) is 190. The number of hydrogen-bond donors (Lipinski definition) is 0. The molecule has 0 unspecified atom stereocenters. The van der Waals surface area contributed by atoms with Crippen molar-refractivity contribution in [3.63, 3.8) is 0 Å². The molecule has 0 bridgehead atoms. The summed E-state index contributed by atoms with van der Waals surface area (Å²) in [4.78, 5) is 0. The summed E-state index contributed by atoms with van der Waals surface area (Å²) in [6, 6.07) is 89.6. The molecule has 128 heavy (non-hydrogen) atoms. The third kappa shape index (κ3) is 41.1. The van der Waals surface area contributed by atoms with Crippen LogP contribution in [0.25, 0.3) is 89.0 Å².